The van der Waals surface area contributed by atoms with E-state index in [1.807, 2.05) is 0 Å². The fourth-order valence-corrected chi connectivity index (χ4v) is 8.25. The van der Waals surface area contributed by atoms with Gasteiger partial charge in [0.15, 0.2) is 0 Å². The summed E-state index contributed by atoms with van der Waals surface area (Å²) in [4.78, 5) is 0. The number of hydrogen-bond donors (Lipinski definition) is 0. The van der Waals surface area contributed by atoms with Gasteiger partial charge in [-0.15, -0.1) is 0 Å². The molecule has 0 radical (unpaired) electrons. The van der Waals surface area contributed by atoms with Crippen molar-refractivity contribution in [3.05, 3.63) is 205 Å². The highest BCUT2D eigenvalue weighted by Crippen LogP contribution is 2.46. The van der Waals surface area contributed by atoms with E-state index in [0.29, 0.717) is 36.4 Å². The first-order valence-corrected chi connectivity index (χ1v) is 25.7. The molecule has 0 atom stereocenters. The Morgan fingerprint density at radius 1 is 0.240 bits per heavy atom. The summed E-state index contributed by atoms with van der Waals surface area (Å²) in [6.45, 7) is 8.30. The molecule has 6 aromatic rings. The second-order valence-electron chi connectivity index (χ2n) is 19.5. The van der Waals surface area contributed by atoms with Crippen molar-refractivity contribution < 1.29 is 167 Å². The highest BCUT2D eigenvalue weighted by Gasteiger charge is 2.45. The number of benzene rings is 6. The molecule has 0 saturated carbocycles. The molecule has 0 saturated heterocycles. The second kappa shape index (κ2) is 30.3. The van der Waals surface area contributed by atoms with Gasteiger partial charge in [-0.25, -0.2) is 8.78 Å². The molecule has 6 aromatic carbocycles. The maximum Gasteiger partial charge on any atom is 0.419 e. The van der Waals surface area contributed by atoms with Crippen LogP contribution in [0, 0.1) is 67.0 Å². The number of hydrogen-bond acceptors (Lipinski definition) is 0. The van der Waals surface area contributed by atoms with Crippen molar-refractivity contribution in [2.45, 2.75) is 130 Å². The summed E-state index contributed by atoms with van der Waals surface area (Å²) in [6, 6.07) is 3.44. The summed E-state index contributed by atoms with van der Waals surface area (Å²) in [6.07, 6.45) is -58.1. The van der Waals surface area contributed by atoms with Crippen LogP contribution in [0.3, 0.4) is 0 Å². The third kappa shape index (κ3) is 25.1. The minimum absolute atomic E-state index is 0.00926. The minimum Gasteiger partial charge on any atom is -0.206 e. The van der Waals surface area contributed by atoms with Crippen LogP contribution in [-0.4, -0.2) is 0 Å². The van der Waals surface area contributed by atoms with Crippen molar-refractivity contribution in [2.75, 3.05) is 0 Å². The summed E-state index contributed by atoms with van der Waals surface area (Å²) >= 11 is 7.94. The second-order valence-corrected chi connectivity index (χ2v) is 20.7. The topological polar surface area (TPSA) is 0 Å². The molecule has 0 unspecified atom stereocenters. The molecule has 0 aliphatic carbocycles. The summed E-state index contributed by atoms with van der Waals surface area (Å²) in [7, 11) is 0. The molecule has 0 aromatic heterocycles. The molecule has 0 amide bonds. The zero-order valence-electron chi connectivity index (χ0n) is 48.0. The summed E-state index contributed by atoms with van der Waals surface area (Å²) in [5, 5.41) is -0.708. The van der Waals surface area contributed by atoms with Gasteiger partial charge in [0.2, 0.25) is 0 Å². The van der Waals surface area contributed by atoms with E-state index in [0.717, 1.165) is 41.5 Å². The lowest BCUT2D eigenvalue weighted by molar-refractivity contribution is -0.146. The fourth-order valence-electron chi connectivity index (χ4n) is 7.58. The van der Waals surface area contributed by atoms with Gasteiger partial charge < -0.3 is 0 Å². The van der Waals surface area contributed by atoms with E-state index in [4.69, 9.17) is 11.6 Å². The monoisotopic (exact) mass is 1540 g/mol. The number of rotatable bonds is 0. The van der Waals surface area contributed by atoms with Crippen LogP contribution in [-0.2, 0) is 74.1 Å². The van der Waals surface area contributed by atoms with Crippen LogP contribution >= 0.6 is 27.5 Å². The molecule has 0 nitrogen and oxygen atoms in total. The van der Waals surface area contributed by atoms with Gasteiger partial charge in [-0.2, -0.15) is 158 Å². The first kappa shape index (κ1) is 87.4. The first-order valence-electron chi connectivity index (χ1n) is 24.5. The average molecular weight is 1550 g/mol. The Balaban J connectivity index is 0.000000576. The van der Waals surface area contributed by atoms with Gasteiger partial charge in [-0.05, 0) is 189 Å². The maximum absolute atomic E-state index is 13.0. The molecule has 0 bridgehead atoms. The van der Waals surface area contributed by atoms with Crippen LogP contribution < -0.4 is 0 Å². The lowest BCUT2D eigenvalue weighted by Crippen LogP contribution is -2.14. The van der Waals surface area contributed by atoms with Crippen molar-refractivity contribution in [2.24, 2.45) is 0 Å². The summed E-state index contributed by atoms with van der Waals surface area (Å²) in [5.41, 5.74) is -19.4. The number of aryl methyl sites for hydroxylation is 7. The molecule has 6 rings (SSSR count). The number of halogens is 40. The Labute approximate surface area is 528 Å². The van der Waals surface area contributed by atoms with Gasteiger partial charge in [0.1, 0.15) is 11.6 Å². The lowest BCUT2D eigenvalue weighted by Gasteiger charge is -2.16. The van der Waals surface area contributed by atoms with E-state index in [1.165, 1.54) is 13.8 Å². The zero-order chi connectivity index (χ0) is 76.3. The SMILES string of the molecule is Cc1cc(C(F)(F)F)cc(C(F)(F)F)c1Br.Cc1cc(C(F)(F)F)cc(C(F)(F)F)c1C.Cc1cc(C(F)(F)F)cc(C(F)(F)F)c1Cl.Cc1cc(C(F)(F)F)cc(C(F)(F)F)c1F.Cc1cc(C(F)(F)F)cc(C)c1C(F)(F)F.Cc1cc(C(F)(F)F)cc(F)c1C(F)(F)F. The van der Waals surface area contributed by atoms with Crippen LogP contribution in [0.25, 0.3) is 0 Å². The summed E-state index contributed by atoms with van der Waals surface area (Å²) in [5.74, 6) is -3.60. The first-order chi connectivity index (χ1) is 42.2. The van der Waals surface area contributed by atoms with Gasteiger partial charge in [0, 0.05) is 4.47 Å². The average Bonchev–Trinajstić information content (AvgIpc) is 0.840. The quantitative estimate of drug-likeness (QED) is 0.133. The minimum atomic E-state index is -5.14. The Morgan fingerprint density at radius 2 is 0.479 bits per heavy atom. The smallest absolute Gasteiger partial charge is 0.206 e. The van der Waals surface area contributed by atoms with E-state index < -0.39 is 180 Å². The van der Waals surface area contributed by atoms with Crippen molar-refractivity contribution in [1.82, 2.24) is 0 Å². The highest BCUT2D eigenvalue weighted by molar-refractivity contribution is 9.10. The molecule has 540 valence electrons. The Hall–Kier alpha value is -6.57. The van der Waals surface area contributed by atoms with Crippen LogP contribution in [0.2, 0.25) is 5.02 Å². The Kier molecular flexibility index (Phi) is 27.6. The zero-order valence-corrected chi connectivity index (χ0v) is 50.4. The molecule has 0 N–H and O–H groups in total. The fraction of sp³-hybridized carbons (Fsp3) is 0.357. The van der Waals surface area contributed by atoms with Gasteiger partial charge >= 0.3 is 74.1 Å². The summed E-state index contributed by atoms with van der Waals surface area (Å²) < 4.78 is 468. The predicted octanol–water partition coefficient (Wildman–Crippen LogP) is 26.5. The molecule has 0 heterocycles. The molecular weight excluding hydrogens is 1510 g/mol. The van der Waals surface area contributed by atoms with Crippen molar-refractivity contribution >= 4 is 27.5 Å². The highest BCUT2D eigenvalue weighted by atomic mass is 79.9. The van der Waals surface area contributed by atoms with E-state index in [9.17, 15) is 167 Å². The Bertz CT molecular complexity index is 3200. The van der Waals surface area contributed by atoms with Gasteiger partial charge in [-0.1, -0.05) is 11.6 Å². The predicted molar refractivity (Wildman–Crippen MR) is 269 cm³/mol. The van der Waals surface area contributed by atoms with Gasteiger partial charge in [-0.3, -0.25) is 0 Å². The maximum atomic E-state index is 13.0. The van der Waals surface area contributed by atoms with E-state index in [-0.39, 0.29) is 63.1 Å². The van der Waals surface area contributed by atoms with Crippen LogP contribution in [0.1, 0.15) is 111 Å². The molecule has 40 heteroatoms. The molecule has 0 aliphatic heterocycles. The van der Waals surface area contributed by atoms with Gasteiger partial charge in [0.25, 0.3) is 0 Å². The van der Waals surface area contributed by atoms with Crippen molar-refractivity contribution in [3.8, 4) is 0 Å². The third-order valence-corrected chi connectivity index (χ3v) is 13.6. The standard InChI is InChI=1S/2C10H8F6.C9H5BrF6.C9H5ClF6.2C9H5F7/c1-5-3-7(9(11,12)13)4-8(6(5)2)10(14,15)16;1-5-3-7(9(11,12)13)4-6(2)8(5)10(14,15)16;2*1-4-2-5(8(11,12)13)3-6(7(4)10)9(14,15)16;1-4-2-5(8(11,12)13)3-6(10)7(4)9(14,15)16;1-4-2-5(8(11,12)13)3-6(7(4)10)9(14,15)16/h2*3-4H,1-2H3;4*2-3H,1H3. The van der Waals surface area contributed by atoms with Crippen molar-refractivity contribution in [3.63, 3.8) is 0 Å². The van der Waals surface area contributed by atoms with Crippen LogP contribution in [0.4, 0.5) is 167 Å². The van der Waals surface area contributed by atoms with E-state index >= 15 is 0 Å². The third-order valence-electron chi connectivity index (χ3n) is 12.0. The normalized spacial score (nSPS) is 13.0. The molecule has 0 fully saturated rings. The van der Waals surface area contributed by atoms with E-state index in [2.05, 4.69) is 15.9 Å². The van der Waals surface area contributed by atoms with E-state index in [1.54, 1.807) is 0 Å². The lowest BCUT2D eigenvalue weighted by atomic mass is 9.99. The molecule has 0 aliphatic rings. The largest absolute Gasteiger partial charge is 0.419 e. The van der Waals surface area contributed by atoms with Crippen LogP contribution in [0.5, 0.6) is 0 Å². The molecule has 96 heavy (non-hydrogen) atoms. The van der Waals surface area contributed by atoms with Gasteiger partial charge in [0.05, 0.1) is 71.8 Å². The van der Waals surface area contributed by atoms with Crippen LogP contribution in [0.15, 0.2) is 77.3 Å². The number of alkyl halides is 36. The Morgan fingerprint density at radius 3 is 0.781 bits per heavy atom. The van der Waals surface area contributed by atoms with Crippen molar-refractivity contribution in [1.29, 1.82) is 0 Å². The molecular formula is C56H36BrClF38. The molecule has 0 spiro atoms.